The number of hydrogen-bond donors (Lipinski definition) is 33. The van der Waals surface area contributed by atoms with Gasteiger partial charge in [-0.15, -0.1) is 0 Å². The van der Waals surface area contributed by atoms with Crippen LogP contribution in [-0.2, 0) is 0 Å². The van der Waals surface area contributed by atoms with Gasteiger partial charge in [0.05, 0.1) is 0 Å². The van der Waals surface area contributed by atoms with Crippen molar-refractivity contribution in [2.45, 2.75) is 0 Å². The fraction of sp³-hybridized carbons (Fsp3) is 1.00. The molecule has 0 spiro atoms. The highest BCUT2D eigenvalue weighted by Gasteiger charge is 1.85. The molecule has 0 aliphatic rings. The van der Waals surface area contributed by atoms with E-state index < -0.39 is 0 Å². The van der Waals surface area contributed by atoms with E-state index in [0.29, 0.717) is 0 Å². The molecule has 0 unspecified atom stereocenters. The zero-order chi connectivity index (χ0) is 24.6. The van der Waals surface area contributed by atoms with Gasteiger partial charge in [0.2, 0.25) is 0 Å². The summed E-state index contributed by atoms with van der Waals surface area (Å²) < 4.78 is 0. The van der Waals surface area contributed by atoms with Gasteiger partial charge in [0.25, 0.3) is 0 Å². The third-order valence-electron chi connectivity index (χ3n) is 2.01. The first kappa shape index (κ1) is 32.7. The lowest BCUT2D eigenvalue weighted by Gasteiger charge is -2.16. The molecule has 33 nitrogen and oxygen atoms in total. The average Bonchev–Trinajstić information content (AvgIpc) is 2.85. The first-order valence-corrected chi connectivity index (χ1v) is 8.54. The van der Waals surface area contributed by atoms with Gasteiger partial charge in [0.15, 0.2) is 0 Å². The molecular formula is CH37N33. The molecule has 0 saturated carbocycles. The maximum Gasteiger partial charge on any atom is -0.000111 e. The lowest BCUT2D eigenvalue weighted by molar-refractivity contribution is 0.182. The Hall–Kier alpha value is -1.32. The van der Waals surface area contributed by atoms with Crippen molar-refractivity contribution < 1.29 is 0 Å². The van der Waals surface area contributed by atoms with Gasteiger partial charge >= 0.3 is 0 Å². The molecule has 33 heteroatoms. The molecule has 0 bridgehead atoms. The summed E-state index contributed by atoms with van der Waals surface area (Å²) in [7, 11) is 1.69. The summed E-state index contributed by atoms with van der Waals surface area (Å²) in [6, 6.07) is 0. The second kappa shape index (κ2) is 31.7. The van der Waals surface area contributed by atoms with Crippen molar-refractivity contribution in [1.82, 2.24) is 177 Å². The molecule has 0 rings (SSSR count). The summed E-state index contributed by atoms with van der Waals surface area (Å²) in [6.45, 7) is 0. The van der Waals surface area contributed by atoms with Crippen LogP contribution in [-0.4, -0.2) is 7.05 Å². The van der Waals surface area contributed by atoms with Gasteiger partial charge in [-0.25, -0.2) is 5.43 Å². The number of nitrogens with one attached hydrogen (secondary N) is 32. The summed E-state index contributed by atoms with van der Waals surface area (Å²) in [4.78, 5) is 0. The molecule has 34 N–H and O–H groups in total. The summed E-state index contributed by atoms with van der Waals surface area (Å²) >= 11 is 0. The minimum Gasteiger partial charge on any atom is -0.257 e. The summed E-state index contributed by atoms with van der Waals surface area (Å²) in [5, 5.41) is 0. The highest BCUT2D eigenvalue weighted by molar-refractivity contribution is 4.19. The fourth-order valence-electron chi connectivity index (χ4n) is 0.974. The van der Waals surface area contributed by atoms with Crippen LogP contribution >= 0.6 is 0 Å². The van der Waals surface area contributed by atoms with Gasteiger partial charge in [0, 0.05) is 0 Å². The number of hydrogen-bond acceptors (Lipinski definition) is 33. The Balaban J connectivity index is 2.99. The van der Waals surface area contributed by atoms with Crippen LogP contribution in [0.2, 0.25) is 0 Å². The lowest BCUT2D eigenvalue weighted by Crippen LogP contribution is -2.70. The van der Waals surface area contributed by atoms with E-state index in [0.717, 1.165) is 0 Å². The molecule has 0 aromatic rings. The van der Waals surface area contributed by atoms with E-state index in [1.807, 2.05) is 0 Å². The maximum atomic E-state index is 4.92. The zero-order valence-corrected chi connectivity index (χ0v) is 17.6. The van der Waals surface area contributed by atoms with E-state index in [4.69, 9.17) is 5.84 Å². The largest absolute Gasteiger partial charge is 0.257 e. The van der Waals surface area contributed by atoms with Gasteiger partial charge < -0.3 is 0 Å². The zero-order valence-electron chi connectivity index (χ0n) is 17.6. The van der Waals surface area contributed by atoms with Crippen LogP contribution in [0.1, 0.15) is 0 Å². The molecule has 0 fully saturated rings. The molecule has 0 aromatic carbocycles. The predicted octanol–water partition coefficient (Wildman–Crippen LogP) is -16.3. The standard InChI is InChI=1S/CH37N33/c1-3-5-7-9-11-13-15-17-19-21-23-25-27-29-31-33-34-32-30-28-26-24-22-20-18-16-14-12-10-8-6-4-2/h3-34H,2H2,1H3. The van der Waals surface area contributed by atoms with E-state index in [1.165, 1.54) is 0 Å². The Kier molecular flexibility index (Phi) is 30.5. The van der Waals surface area contributed by atoms with Crippen LogP contribution in [0.25, 0.3) is 0 Å². The highest BCUT2D eigenvalue weighted by Crippen LogP contribution is 1.31. The third-order valence-corrected chi connectivity index (χ3v) is 2.01. The Bertz CT molecular complexity index is 295. The van der Waals surface area contributed by atoms with Crippen molar-refractivity contribution in [3.05, 3.63) is 0 Å². The van der Waals surface area contributed by atoms with Gasteiger partial charge in [-0.1, -0.05) is 0 Å². The summed E-state index contributed by atoms with van der Waals surface area (Å²) in [5.74, 6) is 4.92. The predicted molar refractivity (Wildman–Crippen MR) is 110 cm³/mol. The van der Waals surface area contributed by atoms with E-state index in [9.17, 15) is 0 Å². The number of rotatable bonds is 31. The van der Waals surface area contributed by atoms with Crippen LogP contribution in [0.15, 0.2) is 0 Å². The summed E-state index contributed by atoms with van der Waals surface area (Å²) in [6.07, 6.45) is 0. The Labute approximate surface area is 191 Å². The van der Waals surface area contributed by atoms with E-state index in [2.05, 4.69) is 177 Å². The van der Waals surface area contributed by atoms with Crippen LogP contribution in [0, 0.1) is 0 Å². The monoisotopic (exact) mass is 511 g/mol. The van der Waals surface area contributed by atoms with Gasteiger partial charge in [-0.3, -0.25) is 5.84 Å². The first-order chi connectivity index (χ1) is 16.9. The molecule has 0 aliphatic carbocycles. The molecule has 0 saturated heterocycles. The van der Waals surface area contributed by atoms with Crippen LogP contribution in [0.3, 0.4) is 0 Å². The molecule has 206 valence electrons. The minimum atomic E-state index is 1.69. The third kappa shape index (κ3) is 30.7. The number of hydrazine groups is 32. The number of nitrogens with two attached hydrogens (primary N) is 1. The van der Waals surface area contributed by atoms with Crippen molar-refractivity contribution in [1.29, 1.82) is 0 Å². The molecule has 0 radical (unpaired) electrons. The van der Waals surface area contributed by atoms with Crippen LogP contribution < -0.4 is 183 Å². The van der Waals surface area contributed by atoms with Gasteiger partial charge in [0.1, 0.15) is 0 Å². The fourth-order valence-corrected chi connectivity index (χ4v) is 0.974. The highest BCUT2D eigenvalue weighted by atomic mass is 16.0. The van der Waals surface area contributed by atoms with Crippen molar-refractivity contribution in [2.75, 3.05) is 7.05 Å². The Morgan fingerprint density at radius 1 is 0.235 bits per heavy atom. The molecule has 0 heterocycles. The van der Waals surface area contributed by atoms with E-state index >= 15 is 0 Å². The van der Waals surface area contributed by atoms with Crippen molar-refractivity contribution in [3.63, 3.8) is 0 Å². The topological polar surface area (TPSA) is 411 Å². The quantitative estimate of drug-likeness (QED) is 0.0233. The average molecular weight is 512 g/mol. The molecular weight excluding hydrogens is 474 g/mol. The smallest absolute Gasteiger partial charge is 0.000111 e. The summed E-state index contributed by atoms with van der Waals surface area (Å²) in [5.41, 5.74) is 79.4. The molecule has 0 aromatic heterocycles. The Morgan fingerprint density at radius 3 is 0.529 bits per heavy atom. The van der Waals surface area contributed by atoms with Crippen molar-refractivity contribution >= 4 is 0 Å². The van der Waals surface area contributed by atoms with Crippen molar-refractivity contribution in [2.24, 2.45) is 5.84 Å². The molecule has 0 atom stereocenters. The van der Waals surface area contributed by atoms with Crippen LogP contribution in [0.5, 0.6) is 0 Å². The molecule has 34 heavy (non-hydrogen) atoms. The normalized spacial score (nSPS) is 11.5. The SMILES string of the molecule is CNNNNNNNNNNNNNNNNNNNNNNNNNNNNNNNNN. The second-order valence-corrected chi connectivity index (χ2v) is 4.14. The molecule has 0 aliphatic heterocycles. The van der Waals surface area contributed by atoms with E-state index in [1.54, 1.807) is 7.05 Å². The minimum absolute atomic E-state index is 1.69. The molecule has 0 amide bonds. The lowest BCUT2D eigenvalue weighted by atomic mass is 11.5. The van der Waals surface area contributed by atoms with E-state index in [-0.39, 0.29) is 0 Å². The maximum absolute atomic E-state index is 4.92. The Morgan fingerprint density at radius 2 is 0.382 bits per heavy atom. The first-order valence-electron chi connectivity index (χ1n) is 8.54. The van der Waals surface area contributed by atoms with Crippen LogP contribution in [0.4, 0.5) is 0 Å². The second-order valence-electron chi connectivity index (χ2n) is 4.14. The van der Waals surface area contributed by atoms with Gasteiger partial charge in [-0.2, -0.15) is 172 Å². The van der Waals surface area contributed by atoms with Crippen molar-refractivity contribution in [3.8, 4) is 0 Å². The van der Waals surface area contributed by atoms with Gasteiger partial charge in [-0.05, 0) is 7.05 Å².